The first-order valence-corrected chi connectivity index (χ1v) is 23.9. The van der Waals surface area contributed by atoms with Gasteiger partial charge in [-0.2, -0.15) is 0 Å². The number of aromatic nitrogens is 4. The zero-order valence-electron chi connectivity index (χ0n) is 39.7. The Balaban J connectivity index is 0.00000507. The van der Waals surface area contributed by atoms with Crippen LogP contribution in [0.2, 0.25) is 0 Å². The fourth-order valence-electron chi connectivity index (χ4n) is 10.9. The molecule has 0 atom stereocenters. The summed E-state index contributed by atoms with van der Waals surface area (Å²) in [5, 5.41) is 6.26. The quantitative estimate of drug-likeness (QED) is 0.0866. The SMILES string of the molecule is CC(C)c1cccc(C(C)C)c1-c1ccc2c(c1)c1ccc(Oc3[c-]c4c(cc3)c3cccc(-c5c(C(C)C)cccc5C(C)C)c3n3c5ccccc5nc43)[c-]c1c1nc3ccccc3n21.[Pd+2]. The molecule has 5 nitrogen and oxygen atoms in total. The van der Waals surface area contributed by atoms with Crippen molar-refractivity contribution in [1.82, 2.24) is 18.8 Å². The Morgan fingerprint density at radius 2 is 0.912 bits per heavy atom. The van der Waals surface area contributed by atoms with Crippen LogP contribution < -0.4 is 4.74 Å². The first kappa shape index (κ1) is 43.7. The molecule has 0 unspecified atom stereocenters. The number of imidazole rings is 2. The van der Waals surface area contributed by atoms with E-state index < -0.39 is 0 Å². The van der Waals surface area contributed by atoms with E-state index in [-0.39, 0.29) is 20.4 Å². The molecular formula is C62H52N4OPd. The zero-order valence-corrected chi connectivity index (χ0v) is 41.2. The summed E-state index contributed by atoms with van der Waals surface area (Å²) in [6.07, 6.45) is 0. The molecule has 8 aromatic carbocycles. The van der Waals surface area contributed by atoms with E-state index in [4.69, 9.17) is 14.7 Å². The van der Waals surface area contributed by atoms with Gasteiger partial charge in [-0.15, -0.1) is 12.1 Å². The maximum atomic E-state index is 6.83. The Morgan fingerprint density at radius 3 is 1.47 bits per heavy atom. The molecule has 0 saturated heterocycles. The van der Waals surface area contributed by atoms with Gasteiger partial charge in [0.2, 0.25) is 0 Å². The monoisotopic (exact) mass is 974 g/mol. The summed E-state index contributed by atoms with van der Waals surface area (Å²) in [6.45, 7) is 18.3. The minimum Gasteiger partial charge on any atom is -0.497 e. The van der Waals surface area contributed by atoms with E-state index >= 15 is 0 Å². The Kier molecular flexibility index (Phi) is 10.8. The number of benzene rings is 8. The van der Waals surface area contributed by atoms with Crippen LogP contribution in [-0.2, 0) is 20.4 Å². The van der Waals surface area contributed by atoms with E-state index in [0.717, 1.165) is 76.7 Å². The number of hydrogen-bond acceptors (Lipinski definition) is 3. The number of para-hydroxylation sites is 5. The predicted octanol–water partition coefficient (Wildman–Crippen LogP) is 17.1. The molecule has 0 N–H and O–H groups in total. The molecule has 0 radical (unpaired) electrons. The van der Waals surface area contributed by atoms with Crippen LogP contribution in [0.15, 0.2) is 146 Å². The molecule has 0 saturated carbocycles. The third-order valence-corrected chi connectivity index (χ3v) is 14.0. The summed E-state index contributed by atoms with van der Waals surface area (Å²) in [4.78, 5) is 10.6. The summed E-state index contributed by atoms with van der Waals surface area (Å²) in [7, 11) is 0. The van der Waals surface area contributed by atoms with E-state index in [0.29, 0.717) is 35.2 Å². The zero-order chi connectivity index (χ0) is 45.8. The molecule has 4 heterocycles. The molecule has 0 spiro atoms. The minimum atomic E-state index is 0. The largest absolute Gasteiger partial charge is 2.00 e. The van der Waals surface area contributed by atoms with Crippen molar-refractivity contribution in [2.75, 3.05) is 0 Å². The van der Waals surface area contributed by atoms with Gasteiger partial charge in [0.05, 0.1) is 33.4 Å². The Bertz CT molecular complexity index is 3880. The van der Waals surface area contributed by atoms with Gasteiger partial charge in [0.1, 0.15) is 0 Å². The van der Waals surface area contributed by atoms with E-state index in [1.807, 2.05) is 12.1 Å². The van der Waals surface area contributed by atoms with Crippen LogP contribution in [0.5, 0.6) is 11.5 Å². The molecule has 336 valence electrons. The first-order valence-electron chi connectivity index (χ1n) is 23.9. The molecule has 0 amide bonds. The topological polar surface area (TPSA) is 43.8 Å². The van der Waals surface area contributed by atoms with Crippen LogP contribution in [0, 0.1) is 12.1 Å². The van der Waals surface area contributed by atoms with Crippen molar-refractivity contribution < 1.29 is 25.2 Å². The van der Waals surface area contributed by atoms with Gasteiger partial charge in [-0.3, -0.25) is 9.97 Å². The van der Waals surface area contributed by atoms with E-state index in [1.165, 1.54) is 44.5 Å². The van der Waals surface area contributed by atoms with Crippen molar-refractivity contribution >= 4 is 76.7 Å². The molecule has 0 aliphatic carbocycles. The summed E-state index contributed by atoms with van der Waals surface area (Å²) in [6, 6.07) is 60.0. The number of rotatable bonds is 8. The van der Waals surface area contributed by atoms with Crippen molar-refractivity contribution in [3.63, 3.8) is 0 Å². The van der Waals surface area contributed by atoms with Crippen molar-refractivity contribution in [1.29, 1.82) is 0 Å². The fraction of sp³-hybridized carbons (Fsp3) is 0.194. The van der Waals surface area contributed by atoms with E-state index in [2.05, 4.69) is 210 Å². The first-order chi connectivity index (χ1) is 32.5. The molecule has 68 heavy (non-hydrogen) atoms. The Labute approximate surface area is 411 Å². The molecule has 0 fully saturated rings. The summed E-state index contributed by atoms with van der Waals surface area (Å²) < 4.78 is 11.5. The molecule has 0 aliphatic rings. The van der Waals surface area contributed by atoms with Crippen LogP contribution in [0.25, 0.3) is 99.0 Å². The van der Waals surface area contributed by atoms with E-state index in [1.54, 1.807) is 0 Å². The average molecular weight is 976 g/mol. The normalized spacial score (nSPS) is 12.2. The van der Waals surface area contributed by atoms with Crippen LogP contribution in [0.3, 0.4) is 0 Å². The summed E-state index contributed by atoms with van der Waals surface area (Å²) in [5.41, 5.74) is 18.5. The summed E-state index contributed by atoms with van der Waals surface area (Å²) >= 11 is 0. The smallest absolute Gasteiger partial charge is 0.497 e. The molecule has 6 heteroatoms. The van der Waals surface area contributed by atoms with Crippen LogP contribution in [0.4, 0.5) is 0 Å². The van der Waals surface area contributed by atoms with Gasteiger partial charge < -0.3 is 13.5 Å². The second kappa shape index (κ2) is 16.7. The van der Waals surface area contributed by atoms with Crippen molar-refractivity contribution in [3.8, 4) is 33.8 Å². The van der Waals surface area contributed by atoms with Gasteiger partial charge in [-0.05, 0) is 104 Å². The molecule has 0 aliphatic heterocycles. The van der Waals surface area contributed by atoms with Crippen molar-refractivity contribution in [2.45, 2.75) is 79.1 Å². The average Bonchev–Trinajstić information content (AvgIpc) is 3.93. The third kappa shape index (κ3) is 6.75. The van der Waals surface area contributed by atoms with Gasteiger partial charge in [0.25, 0.3) is 0 Å². The van der Waals surface area contributed by atoms with Crippen LogP contribution in [-0.4, -0.2) is 18.8 Å². The van der Waals surface area contributed by atoms with Gasteiger partial charge in [0, 0.05) is 28.1 Å². The predicted molar refractivity (Wildman–Crippen MR) is 280 cm³/mol. The fourth-order valence-corrected chi connectivity index (χ4v) is 10.9. The second-order valence-electron chi connectivity index (χ2n) is 19.5. The second-order valence-corrected chi connectivity index (χ2v) is 19.5. The Morgan fingerprint density at radius 1 is 0.426 bits per heavy atom. The number of pyridine rings is 2. The number of hydrogen-bond donors (Lipinski definition) is 0. The van der Waals surface area contributed by atoms with Gasteiger partial charge >= 0.3 is 20.4 Å². The maximum Gasteiger partial charge on any atom is 2.00 e. The molecule has 12 rings (SSSR count). The van der Waals surface area contributed by atoms with Crippen LogP contribution >= 0.6 is 0 Å². The molecule has 0 bridgehead atoms. The maximum absolute atomic E-state index is 6.83. The van der Waals surface area contributed by atoms with Gasteiger partial charge in [-0.25, -0.2) is 0 Å². The number of nitrogens with zero attached hydrogens (tertiary/aromatic N) is 4. The van der Waals surface area contributed by atoms with Crippen molar-refractivity contribution in [3.05, 3.63) is 180 Å². The number of ether oxygens (including phenoxy) is 1. The minimum absolute atomic E-state index is 0. The number of fused-ring (bicyclic) bond motifs is 16. The van der Waals surface area contributed by atoms with E-state index in [9.17, 15) is 0 Å². The molecular weight excluding hydrogens is 923 g/mol. The van der Waals surface area contributed by atoms with Gasteiger partial charge in [0.15, 0.2) is 0 Å². The molecule has 4 aromatic heterocycles. The summed E-state index contributed by atoms with van der Waals surface area (Å²) in [5.74, 6) is 2.66. The standard InChI is InChI=1S/C62H52N4O.Pd/c1-35(2)42-16-13-17-43(36(3)4)58(42)39-26-31-55-50(32-39)47-30-28-41(34-52(47)61-63-53-22-9-11-24-56(53)65(55)61)67-40-27-29-46-48-20-15-21-49(59-44(37(5)6)18-14-19-45(59)38(7)8)60(48)66-57-25-12-10-23-54(57)64-62(66)51(46)33-40;/h9-32,35-38H,1-8H3;/q-2;+2. The third-order valence-electron chi connectivity index (χ3n) is 14.0. The van der Waals surface area contributed by atoms with Crippen molar-refractivity contribution in [2.24, 2.45) is 0 Å². The molecule has 12 aromatic rings. The Hall–Kier alpha value is -6.84. The van der Waals surface area contributed by atoms with Crippen LogP contribution in [0.1, 0.15) is 101 Å². The van der Waals surface area contributed by atoms with Gasteiger partial charge in [-0.1, -0.05) is 192 Å².